The normalized spacial score (nSPS) is 10.3. The van der Waals surface area contributed by atoms with E-state index in [0.717, 1.165) is 6.42 Å². The number of hydrogen-bond acceptors (Lipinski definition) is 4. The van der Waals surface area contributed by atoms with E-state index in [1.54, 1.807) is 32.4 Å². The van der Waals surface area contributed by atoms with Crippen LogP contribution in [0.3, 0.4) is 0 Å². The van der Waals surface area contributed by atoms with Gasteiger partial charge in [-0.05, 0) is 42.7 Å². The van der Waals surface area contributed by atoms with Crippen molar-refractivity contribution < 1.29 is 19.0 Å². The quantitative estimate of drug-likeness (QED) is 0.638. The number of unbranched alkanes of at least 4 members (excludes halogenated alkanes) is 2. The van der Waals surface area contributed by atoms with Crippen molar-refractivity contribution in [2.45, 2.75) is 32.6 Å². The monoisotopic (exact) mass is 357 g/mol. The fraction of sp³-hybridized carbons (Fsp3) is 0.381. The molecule has 0 spiro atoms. The summed E-state index contributed by atoms with van der Waals surface area (Å²) in [4.78, 5) is 12.1. The summed E-state index contributed by atoms with van der Waals surface area (Å²) in [6.45, 7) is 2.13. The first-order valence-corrected chi connectivity index (χ1v) is 8.90. The highest BCUT2D eigenvalue weighted by atomic mass is 16.5. The van der Waals surface area contributed by atoms with Gasteiger partial charge in [0.05, 0.1) is 19.9 Å². The minimum absolute atomic E-state index is 0.0651. The van der Waals surface area contributed by atoms with Gasteiger partial charge in [-0.1, -0.05) is 31.9 Å². The van der Waals surface area contributed by atoms with Gasteiger partial charge in [0.1, 0.15) is 17.2 Å². The van der Waals surface area contributed by atoms with Crippen molar-refractivity contribution in [3.05, 3.63) is 48.0 Å². The van der Waals surface area contributed by atoms with Crippen LogP contribution < -0.4 is 19.5 Å². The molecule has 0 unspecified atom stereocenters. The lowest BCUT2D eigenvalue weighted by molar-refractivity contribution is -0.118. The van der Waals surface area contributed by atoms with Crippen molar-refractivity contribution in [1.82, 2.24) is 0 Å². The number of hydrogen-bond donors (Lipinski definition) is 1. The van der Waals surface area contributed by atoms with Crippen molar-refractivity contribution in [1.29, 1.82) is 0 Å². The number of ether oxygens (including phenoxy) is 3. The summed E-state index contributed by atoms with van der Waals surface area (Å²) < 4.78 is 16.0. The predicted molar refractivity (Wildman–Crippen MR) is 103 cm³/mol. The molecule has 2 aromatic carbocycles. The Morgan fingerprint density at radius 3 is 2.35 bits per heavy atom. The van der Waals surface area contributed by atoms with Gasteiger partial charge < -0.3 is 19.5 Å². The second-order valence-corrected chi connectivity index (χ2v) is 6.00. The number of aryl methyl sites for hydroxylation is 1. The number of methoxy groups -OCH3 is 2. The predicted octanol–water partition coefficient (Wildman–Crippen LogP) is 4.45. The number of amides is 1. The van der Waals surface area contributed by atoms with E-state index in [1.807, 2.05) is 12.1 Å². The Morgan fingerprint density at radius 1 is 0.962 bits per heavy atom. The zero-order valence-electron chi connectivity index (χ0n) is 15.7. The maximum Gasteiger partial charge on any atom is 0.262 e. The van der Waals surface area contributed by atoms with Gasteiger partial charge in [-0.15, -0.1) is 0 Å². The third-order valence-corrected chi connectivity index (χ3v) is 4.05. The molecule has 1 N–H and O–H groups in total. The largest absolute Gasteiger partial charge is 0.497 e. The molecular formula is C21H27NO4. The summed E-state index contributed by atoms with van der Waals surface area (Å²) in [5.74, 6) is 1.63. The summed E-state index contributed by atoms with van der Waals surface area (Å²) in [5, 5.41) is 2.78. The zero-order valence-corrected chi connectivity index (χ0v) is 15.7. The molecule has 0 aliphatic rings. The standard InChI is InChI=1S/C21H27NO4/c1-4-5-6-7-16-8-10-17(11-9-16)26-15-21(23)22-19-13-12-18(24-2)14-20(19)25-3/h8-14H,4-7,15H2,1-3H3,(H,22,23). The Hall–Kier alpha value is -2.69. The summed E-state index contributed by atoms with van der Waals surface area (Å²) in [6.07, 6.45) is 4.73. The number of anilines is 1. The molecule has 0 saturated heterocycles. The number of carbonyl (C=O) groups excluding carboxylic acids is 1. The van der Waals surface area contributed by atoms with E-state index in [1.165, 1.54) is 24.8 Å². The Kier molecular flexibility index (Phi) is 7.80. The molecular weight excluding hydrogens is 330 g/mol. The van der Waals surface area contributed by atoms with Gasteiger partial charge in [0.15, 0.2) is 6.61 Å². The van der Waals surface area contributed by atoms with Crippen LogP contribution in [-0.4, -0.2) is 26.7 Å². The number of carbonyl (C=O) groups is 1. The molecule has 0 bridgehead atoms. The SMILES string of the molecule is CCCCCc1ccc(OCC(=O)Nc2ccc(OC)cc2OC)cc1. The molecule has 0 radical (unpaired) electrons. The Labute approximate surface area is 155 Å². The van der Waals surface area contributed by atoms with Gasteiger partial charge in [0.2, 0.25) is 0 Å². The van der Waals surface area contributed by atoms with E-state index in [0.29, 0.717) is 22.9 Å². The topological polar surface area (TPSA) is 56.8 Å². The minimum atomic E-state index is -0.250. The Morgan fingerprint density at radius 2 is 1.69 bits per heavy atom. The van der Waals surface area contributed by atoms with Crippen LogP contribution >= 0.6 is 0 Å². The number of rotatable bonds is 10. The minimum Gasteiger partial charge on any atom is -0.497 e. The molecule has 2 aromatic rings. The van der Waals surface area contributed by atoms with Gasteiger partial charge in [0, 0.05) is 6.07 Å². The summed E-state index contributed by atoms with van der Waals surface area (Å²) in [5.41, 5.74) is 1.87. The van der Waals surface area contributed by atoms with Gasteiger partial charge in [-0.25, -0.2) is 0 Å². The van der Waals surface area contributed by atoms with Crippen LogP contribution in [0.1, 0.15) is 31.7 Å². The molecule has 1 amide bonds. The van der Waals surface area contributed by atoms with Gasteiger partial charge >= 0.3 is 0 Å². The van der Waals surface area contributed by atoms with Crippen LogP contribution in [0.15, 0.2) is 42.5 Å². The third kappa shape index (κ3) is 5.99. The van der Waals surface area contributed by atoms with Gasteiger partial charge in [0.25, 0.3) is 5.91 Å². The molecule has 0 fully saturated rings. The van der Waals surface area contributed by atoms with E-state index >= 15 is 0 Å². The molecule has 0 atom stereocenters. The second kappa shape index (κ2) is 10.3. The molecule has 0 aliphatic heterocycles. The third-order valence-electron chi connectivity index (χ3n) is 4.05. The molecule has 5 heteroatoms. The fourth-order valence-corrected chi connectivity index (χ4v) is 2.57. The summed E-state index contributed by atoms with van der Waals surface area (Å²) >= 11 is 0. The van der Waals surface area contributed by atoms with E-state index in [2.05, 4.69) is 24.4 Å². The zero-order chi connectivity index (χ0) is 18.8. The van der Waals surface area contributed by atoms with E-state index in [9.17, 15) is 4.79 Å². The lowest BCUT2D eigenvalue weighted by atomic mass is 10.1. The summed E-state index contributed by atoms with van der Waals surface area (Å²) in [7, 11) is 3.12. The first-order valence-electron chi connectivity index (χ1n) is 8.90. The van der Waals surface area contributed by atoms with Crippen LogP contribution in [0, 0.1) is 0 Å². The summed E-state index contributed by atoms with van der Waals surface area (Å²) in [6, 6.07) is 13.1. The average Bonchev–Trinajstić information content (AvgIpc) is 2.68. The Balaban J connectivity index is 1.85. The van der Waals surface area contributed by atoms with Crippen molar-refractivity contribution in [3.63, 3.8) is 0 Å². The maximum absolute atomic E-state index is 12.1. The first kappa shape index (κ1) is 19.6. The van der Waals surface area contributed by atoms with Crippen molar-refractivity contribution in [2.75, 3.05) is 26.1 Å². The number of nitrogens with one attached hydrogen (secondary N) is 1. The van der Waals surface area contributed by atoms with Crippen LogP contribution in [0.5, 0.6) is 17.2 Å². The second-order valence-electron chi connectivity index (χ2n) is 6.00. The van der Waals surface area contributed by atoms with E-state index in [4.69, 9.17) is 14.2 Å². The van der Waals surface area contributed by atoms with E-state index < -0.39 is 0 Å². The van der Waals surface area contributed by atoms with Crippen molar-refractivity contribution in [3.8, 4) is 17.2 Å². The van der Waals surface area contributed by atoms with Gasteiger partial charge in [-0.3, -0.25) is 4.79 Å². The maximum atomic E-state index is 12.1. The fourth-order valence-electron chi connectivity index (χ4n) is 2.57. The lowest BCUT2D eigenvalue weighted by Crippen LogP contribution is -2.20. The van der Waals surface area contributed by atoms with Crippen molar-refractivity contribution in [2.24, 2.45) is 0 Å². The highest BCUT2D eigenvalue weighted by molar-refractivity contribution is 5.93. The molecule has 0 heterocycles. The molecule has 140 valence electrons. The molecule has 2 rings (SSSR count). The van der Waals surface area contributed by atoms with Crippen LogP contribution in [-0.2, 0) is 11.2 Å². The number of benzene rings is 2. The molecule has 5 nitrogen and oxygen atoms in total. The van der Waals surface area contributed by atoms with Gasteiger partial charge in [-0.2, -0.15) is 0 Å². The van der Waals surface area contributed by atoms with E-state index in [-0.39, 0.29) is 12.5 Å². The highest BCUT2D eigenvalue weighted by Gasteiger charge is 2.09. The highest BCUT2D eigenvalue weighted by Crippen LogP contribution is 2.28. The van der Waals surface area contributed by atoms with Crippen LogP contribution in [0.25, 0.3) is 0 Å². The van der Waals surface area contributed by atoms with Crippen LogP contribution in [0.2, 0.25) is 0 Å². The first-order chi connectivity index (χ1) is 12.7. The smallest absolute Gasteiger partial charge is 0.262 e. The lowest BCUT2D eigenvalue weighted by Gasteiger charge is -2.12. The Bertz CT molecular complexity index is 698. The molecule has 0 aliphatic carbocycles. The molecule has 0 aromatic heterocycles. The molecule has 0 saturated carbocycles. The van der Waals surface area contributed by atoms with Crippen molar-refractivity contribution >= 4 is 11.6 Å². The van der Waals surface area contributed by atoms with Crippen LogP contribution in [0.4, 0.5) is 5.69 Å². The molecule has 26 heavy (non-hydrogen) atoms. The average molecular weight is 357 g/mol.